The van der Waals surface area contributed by atoms with Crippen LogP contribution in [0.1, 0.15) is 44.4 Å². The van der Waals surface area contributed by atoms with E-state index in [0.29, 0.717) is 41.4 Å². The first-order valence-electron chi connectivity index (χ1n) is 9.41. The standard InChI is InChI=1S/C23H20N2O5/c1-28-19-12-17(13-20-21(19)18(26)8-11-29-20)30-22(15-6-9-25-10-7-15)14-2-4-16(5-3-14)23(24)27/h2-7,9-10,12-13,22H,8,11H2,1H3,(H2,24,27). The van der Waals surface area contributed by atoms with Crippen molar-refractivity contribution in [1.82, 2.24) is 4.98 Å². The molecule has 1 aromatic heterocycles. The van der Waals surface area contributed by atoms with E-state index in [0.717, 1.165) is 11.1 Å². The zero-order chi connectivity index (χ0) is 21.1. The summed E-state index contributed by atoms with van der Waals surface area (Å²) in [5.41, 5.74) is 7.88. The summed E-state index contributed by atoms with van der Waals surface area (Å²) in [5, 5.41) is 0. The number of pyridine rings is 1. The monoisotopic (exact) mass is 404 g/mol. The third kappa shape index (κ3) is 3.82. The molecular weight excluding hydrogens is 384 g/mol. The van der Waals surface area contributed by atoms with E-state index in [1.165, 1.54) is 7.11 Å². The first-order chi connectivity index (χ1) is 14.6. The van der Waals surface area contributed by atoms with Crippen LogP contribution in [0.4, 0.5) is 0 Å². The van der Waals surface area contributed by atoms with E-state index in [4.69, 9.17) is 19.9 Å². The molecule has 4 rings (SSSR count). The van der Waals surface area contributed by atoms with Crippen LogP contribution in [0.15, 0.2) is 60.9 Å². The molecule has 1 aliphatic heterocycles. The molecule has 1 atom stereocenters. The second-order valence-electron chi connectivity index (χ2n) is 6.79. The smallest absolute Gasteiger partial charge is 0.248 e. The Kier molecular flexibility index (Phi) is 5.34. The van der Waals surface area contributed by atoms with Gasteiger partial charge in [-0.3, -0.25) is 14.6 Å². The number of ketones is 1. The van der Waals surface area contributed by atoms with Crippen LogP contribution in [0.25, 0.3) is 0 Å². The molecule has 1 amide bonds. The molecule has 1 unspecified atom stereocenters. The third-order valence-corrected chi connectivity index (χ3v) is 4.89. The third-order valence-electron chi connectivity index (χ3n) is 4.89. The predicted octanol–water partition coefficient (Wildman–Crippen LogP) is 3.32. The number of hydrogen-bond donors (Lipinski definition) is 1. The van der Waals surface area contributed by atoms with E-state index >= 15 is 0 Å². The molecule has 2 N–H and O–H groups in total. The number of carbonyl (C=O) groups is 2. The summed E-state index contributed by atoms with van der Waals surface area (Å²) in [4.78, 5) is 27.8. The van der Waals surface area contributed by atoms with Crippen LogP contribution >= 0.6 is 0 Å². The van der Waals surface area contributed by atoms with Gasteiger partial charge in [0, 0.05) is 36.5 Å². The maximum Gasteiger partial charge on any atom is 0.248 e. The van der Waals surface area contributed by atoms with Gasteiger partial charge in [-0.25, -0.2) is 0 Å². The molecule has 7 heteroatoms. The van der Waals surface area contributed by atoms with E-state index < -0.39 is 12.0 Å². The van der Waals surface area contributed by atoms with Crippen molar-refractivity contribution in [3.8, 4) is 17.2 Å². The topological polar surface area (TPSA) is 101 Å². The number of nitrogens with two attached hydrogens (primary N) is 1. The van der Waals surface area contributed by atoms with Crippen LogP contribution in [0, 0.1) is 0 Å². The highest BCUT2D eigenvalue weighted by Gasteiger charge is 2.26. The number of Topliss-reactive ketones (excluding diaryl/α,β-unsaturated/α-hetero) is 1. The number of rotatable bonds is 6. The number of nitrogens with zero attached hydrogens (tertiary/aromatic N) is 1. The maximum atomic E-state index is 12.3. The maximum absolute atomic E-state index is 12.3. The van der Waals surface area contributed by atoms with Gasteiger partial charge in [0.05, 0.1) is 13.7 Å². The lowest BCUT2D eigenvalue weighted by atomic mass is 10.00. The SMILES string of the molecule is COc1cc(OC(c2ccncc2)c2ccc(C(N)=O)cc2)cc2c1C(=O)CCO2. The number of methoxy groups -OCH3 is 1. The van der Waals surface area contributed by atoms with Crippen molar-refractivity contribution in [2.45, 2.75) is 12.5 Å². The molecule has 2 heterocycles. The molecule has 152 valence electrons. The first kappa shape index (κ1) is 19.4. The lowest BCUT2D eigenvalue weighted by Crippen LogP contribution is -2.17. The highest BCUT2D eigenvalue weighted by molar-refractivity contribution is 6.02. The number of hydrogen-bond acceptors (Lipinski definition) is 6. The Hall–Kier alpha value is -3.87. The summed E-state index contributed by atoms with van der Waals surface area (Å²) in [7, 11) is 1.50. The summed E-state index contributed by atoms with van der Waals surface area (Å²) >= 11 is 0. The molecule has 0 saturated carbocycles. The molecule has 30 heavy (non-hydrogen) atoms. The molecule has 7 nitrogen and oxygen atoms in total. The lowest BCUT2D eigenvalue weighted by molar-refractivity contribution is 0.0927. The van der Waals surface area contributed by atoms with Gasteiger partial charge >= 0.3 is 0 Å². The summed E-state index contributed by atoms with van der Waals surface area (Å²) < 4.78 is 17.4. The van der Waals surface area contributed by atoms with Crippen molar-refractivity contribution in [3.05, 3.63) is 83.2 Å². The predicted molar refractivity (Wildman–Crippen MR) is 109 cm³/mol. The Balaban J connectivity index is 1.74. The molecule has 0 radical (unpaired) electrons. The van der Waals surface area contributed by atoms with E-state index in [2.05, 4.69) is 4.98 Å². The molecule has 0 bridgehead atoms. The van der Waals surface area contributed by atoms with Gasteiger partial charge in [-0.15, -0.1) is 0 Å². The molecule has 0 fully saturated rings. The largest absolute Gasteiger partial charge is 0.496 e. The zero-order valence-corrected chi connectivity index (χ0v) is 16.3. The number of carbonyl (C=O) groups excluding carboxylic acids is 2. The molecule has 0 spiro atoms. The van der Waals surface area contributed by atoms with Gasteiger partial charge in [0.2, 0.25) is 5.91 Å². The van der Waals surface area contributed by atoms with Gasteiger partial charge in [0.25, 0.3) is 0 Å². The van der Waals surface area contributed by atoms with E-state index in [1.807, 2.05) is 12.1 Å². The molecule has 0 saturated heterocycles. The second kappa shape index (κ2) is 8.24. The number of fused-ring (bicyclic) bond motifs is 1. The molecular formula is C23H20N2O5. The van der Waals surface area contributed by atoms with Crippen molar-refractivity contribution >= 4 is 11.7 Å². The van der Waals surface area contributed by atoms with Crippen molar-refractivity contribution in [1.29, 1.82) is 0 Å². The van der Waals surface area contributed by atoms with Gasteiger partial charge in [-0.05, 0) is 35.4 Å². The summed E-state index contributed by atoms with van der Waals surface area (Å²) in [5.74, 6) is 0.820. The van der Waals surface area contributed by atoms with Gasteiger partial charge in [-0.2, -0.15) is 0 Å². The minimum atomic E-state index is -0.496. The zero-order valence-electron chi connectivity index (χ0n) is 16.3. The number of amides is 1. The summed E-state index contributed by atoms with van der Waals surface area (Å²) in [6.07, 6.45) is 3.18. The highest BCUT2D eigenvalue weighted by Crippen LogP contribution is 2.39. The van der Waals surface area contributed by atoms with Crippen molar-refractivity contribution in [3.63, 3.8) is 0 Å². The Morgan fingerprint density at radius 3 is 2.47 bits per heavy atom. The number of ether oxygens (including phenoxy) is 3. The van der Waals surface area contributed by atoms with Gasteiger partial charge in [0.15, 0.2) is 5.78 Å². The Morgan fingerprint density at radius 1 is 1.10 bits per heavy atom. The normalized spacial score (nSPS) is 13.7. The minimum Gasteiger partial charge on any atom is -0.496 e. The quantitative estimate of drug-likeness (QED) is 0.676. The second-order valence-corrected chi connectivity index (χ2v) is 6.79. The summed E-state index contributed by atoms with van der Waals surface area (Å²) in [6, 6.07) is 14.0. The van der Waals surface area contributed by atoms with Gasteiger partial charge < -0.3 is 19.9 Å². The van der Waals surface area contributed by atoms with E-state index in [1.54, 1.807) is 48.8 Å². The van der Waals surface area contributed by atoms with Crippen molar-refractivity contribution < 1.29 is 23.8 Å². The highest BCUT2D eigenvalue weighted by atomic mass is 16.5. The molecule has 3 aromatic rings. The summed E-state index contributed by atoms with van der Waals surface area (Å²) in [6.45, 7) is 0.320. The van der Waals surface area contributed by atoms with Crippen LogP contribution in [0.3, 0.4) is 0 Å². The fourth-order valence-corrected chi connectivity index (χ4v) is 3.39. The van der Waals surface area contributed by atoms with Crippen molar-refractivity contribution in [2.24, 2.45) is 5.73 Å². The lowest BCUT2D eigenvalue weighted by Gasteiger charge is -2.23. The molecule has 1 aliphatic rings. The molecule has 2 aromatic carbocycles. The Morgan fingerprint density at radius 2 is 1.80 bits per heavy atom. The van der Waals surface area contributed by atoms with Gasteiger partial charge in [0.1, 0.15) is 28.9 Å². The van der Waals surface area contributed by atoms with Crippen LogP contribution in [-0.2, 0) is 0 Å². The number of primary amides is 1. The average molecular weight is 404 g/mol. The van der Waals surface area contributed by atoms with Gasteiger partial charge in [-0.1, -0.05) is 12.1 Å². The fourth-order valence-electron chi connectivity index (χ4n) is 3.39. The number of aromatic nitrogens is 1. The first-order valence-corrected chi connectivity index (χ1v) is 9.41. The van der Waals surface area contributed by atoms with Crippen molar-refractivity contribution in [2.75, 3.05) is 13.7 Å². The van der Waals surface area contributed by atoms with Crippen LogP contribution in [0.5, 0.6) is 17.2 Å². The average Bonchev–Trinajstić information content (AvgIpc) is 2.77. The minimum absolute atomic E-state index is 0.0209. The van der Waals surface area contributed by atoms with Crippen LogP contribution in [0.2, 0.25) is 0 Å². The Bertz CT molecular complexity index is 1060. The van der Waals surface area contributed by atoms with Crippen LogP contribution < -0.4 is 19.9 Å². The molecule has 0 aliphatic carbocycles. The fraction of sp³-hybridized carbons (Fsp3) is 0.174. The Labute approximate surface area is 173 Å². The van der Waals surface area contributed by atoms with Crippen LogP contribution in [-0.4, -0.2) is 30.4 Å². The van der Waals surface area contributed by atoms with E-state index in [9.17, 15) is 9.59 Å². The number of benzene rings is 2. The van der Waals surface area contributed by atoms with E-state index in [-0.39, 0.29) is 5.78 Å².